The normalized spacial score (nSPS) is 20.0. The molecule has 2 aliphatic rings. The van der Waals surface area contributed by atoms with E-state index in [9.17, 15) is 8.42 Å². The minimum Gasteiger partial charge on any atom is -0.497 e. The molecule has 0 saturated carbocycles. The lowest BCUT2D eigenvalue weighted by Gasteiger charge is -2.46. The Morgan fingerprint density at radius 1 is 1.13 bits per heavy atom. The number of hydrogen-bond acceptors (Lipinski definition) is 8. The van der Waals surface area contributed by atoms with Crippen LogP contribution in [0.1, 0.15) is 63.0 Å². The third-order valence-corrected chi connectivity index (χ3v) is 10.8. The van der Waals surface area contributed by atoms with Gasteiger partial charge >= 0.3 is 0 Å². The van der Waals surface area contributed by atoms with Crippen molar-refractivity contribution in [3.63, 3.8) is 0 Å². The van der Waals surface area contributed by atoms with Crippen LogP contribution in [0.4, 0.5) is 5.95 Å². The van der Waals surface area contributed by atoms with Crippen molar-refractivity contribution < 1.29 is 17.9 Å². The Bertz CT molecular complexity index is 1200. The summed E-state index contributed by atoms with van der Waals surface area (Å²) in [6, 6.07) is 5.06. The largest absolute Gasteiger partial charge is 0.497 e. The van der Waals surface area contributed by atoms with E-state index in [1.165, 1.54) is 19.3 Å². The Kier molecular flexibility index (Phi) is 9.39. The Morgan fingerprint density at radius 2 is 1.82 bits per heavy atom. The molecule has 39 heavy (non-hydrogen) atoms. The van der Waals surface area contributed by atoms with Crippen LogP contribution in [0, 0.1) is 13.8 Å². The number of rotatable bonds is 11. The summed E-state index contributed by atoms with van der Waals surface area (Å²) in [5.74, 6) is 1.82. The van der Waals surface area contributed by atoms with Crippen LogP contribution in [0.2, 0.25) is 0 Å². The van der Waals surface area contributed by atoms with Gasteiger partial charge in [-0.3, -0.25) is 0 Å². The zero-order valence-electron chi connectivity index (χ0n) is 24.4. The van der Waals surface area contributed by atoms with Crippen molar-refractivity contribution in [3.05, 3.63) is 35.5 Å². The molecule has 2 aliphatic heterocycles. The van der Waals surface area contributed by atoms with E-state index in [-0.39, 0.29) is 18.2 Å². The Balaban J connectivity index is 1.42. The van der Waals surface area contributed by atoms with Crippen LogP contribution < -0.4 is 14.4 Å². The van der Waals surface area contributed by atoms with E-state index in [4.69, 9.17) is 14.5 Å². The van der Waals surface area contributed by atoms with Gasteiger partial charge in [0.1, 0.15) is 12.4 Å². The van der Waals surface area contributed by atoms with Gasteiger partial charge in [-0.25, -0.2) is 13.4 Å². The lowest BCUT2D eigenvalue weighted by Crippen LogP contribution is -2.53. The smallest absolute Gasteiger partial charge is 0.243 e. The maximum absolute atomic E-state index is 13.7. The van der Waals surface area contributed by atoms with Crippen LogP contribution in [0.3, 0.4) is 0 Å². The highest BCUT2D eigenvalue weighted by Gasteiger charge is 2.38. The second-order valence-electron chi connectivity index (χ2n) is 11.2. The second-order valence-corrected chi connectivity index (χ2v) is 13.0. The maximum Gasteiger partial charge on any atom is 0.243 e. The quantitative estimate of drug-likeness (QED) is 0.400. The molecule has 1 aromatic carbocycles. The standard InChI is InChI=1S/C29H45N5O4S/c1-7-8-12-29(32(4)5)13-17-33(18-14-29)28-30-15-11-26(31-28)38-21-24-10-9-16-34(24)39(35,36)27-22(2)19-25(37-6)20-23(27)3/h11,15,19-20,24H,7-10,12-14,16-18,21H2,1-6H3/t24-/m0/s1. The number of sulfonamides is 1. The van der Waals surface area contributed by atoms with Gasteiger partial charge in [-0.15, -0.1) is 0 Å². The predicted molar refractivity (Wildman–Crippen MR) is 154 cm³/mol. The van der Waals surface area contributed by atoms with Crippen molar-refractivity contribution >= 4 is 16.0 Å². The molecule has 0 radical (unpaired) electrons. The van der Waals surface area contributed by atoms with Gasteiger partial charge < -0.3 is 19.3 Å². The highest BCUT2D eigenvalue weighted by atomic mass is 32.2. The van der Waals surface area contributed by atoms with E-state index < -0.39 is 10.0 Å². The molecule has 0 unspecified atom stereocenters. The molecule has 9 nitrogen and oxygen atoms in total. The van der Waals surface area contributed by atoms with E-state index in [2.05, 4.69) is 35.8 Å². The number of benzene rings is 1. The van der Waals surface area contributed by atoms with Crippen LogP contribution in [0.15, 0.2) is 29.3 Å². The third-order valence-electron chi connectivity index (χ3n) is 8.52. The minimum atomic E-state index is -3.68. The van der Waals surface area contributed by atoms with Crippen molar-refractivity contribution in [2.75, 3.05) is 52.3 Å². The number of hydrogen-bond donors (Lipinski definition) is 0. The molecule has 0 bridgehead atoms. The summed E-state index contributed by atoms with van der Waals surface area (Å²) >= 11 is 0. The summed E-state index contributed by atoms with van der Waals surface area (Å²) in [5.41, 5.74) is 1.61. The zero-order chi connectivity index (χ0) is 28.2. The number of ether oxygens (including phenoxy) is 2. The lowest BCUT2D eigenvalue weighted by molar-refractivity contribution is 0.103. The molecule has 3 heterocycles. The second kappa shape index (κ2) is 12.4. The Morgan fingerprint density at radius 3 is 2.44 bits per heavy atom. The SMILES string of the molecule is CCCCC1(N(C)C)CCN(c2nccc(OC[C@@H]3CCCN3S(=O)(=O)c3c(C)cc(OC)cc3C)n2)CC1. The fourth-order valence-corrected chi connectivity index (χ4v) is 8.24. The number of aryl methyl sites for hydroxylation is 2. The summed E-state index contributed by atoms with van der Waals surface area (Å²) in [5, 5.41) is 0. The molecule has 1 aromatic heterocycles. The molecule has 0 spiro atoms. The van der Waals surface area contributed by atoms with Gasteiger partial charge in [0.05, 0.1) is 18.0 Å². The van der Waals surface area contributed by atoms with Crippen molar-refractivity contribution in [1.82, 2.24) is 19.2 Å². The Hall–Kier alpha value is -2.43. The average Bonchev–Trinajstić information content (AvgIpc) is 3.40. The molecule has 10 heteroatoms. The monoisotopic (exact) mass is 559 g/mol. The van der Waals surface area contributed by atoms with Crippen LogP contribution in [0.5, 0.6) is 11.6 Å². The van der Waals surface area contributed by atoms with Crippen molar-refractivity contribution in [2.45, 2.75) is 82.2 Å². The fourth-order valence-electron chi connectivity index (χ4n) is 6.14. The summed E-state index contributed by atoms with van der Waals surface area (Å²) in [7, 11) is 2.30. The molecule has 0 amide bonds. The molecule has 2 fully saturated rings. The van der Waals surface area contributed by atoms with E-state index in [1.54, 1.807) is 35.8 Å². The van der Waals surface area contributed by atoms with Gasteiger partial charge in [0.25, 0.3) is 0 Å². The average molecular weight is 560 g/mol. The first-order chi connectivity index (χ1) is 18.6. The lowest BCUT2D eigenvalue weighted by atomic mass is 9.82. The first-order valence-electron chi connectivity index (χ1n) is 14.2. The topological polar surface area (TPSA) is 88.1 Å². The van der Waals surface area contributed by atoms with E-state index in [1.807, 2.05) is 13.8 Å². The van der Waals surface area contributed by atoms with Crippen molar-refractivity contribution in [3.8, 4) is 11.6 Å². The number of unbranched alkanes of at least 4 members (excludes halogenated alkanes) is 1. The summed E-state index contributed by atoms with van der Waals surface area (Å²) in [6.07, 6.45) is 9.10. The van der Waals surface area contributed by atoms with Gasteiger partial charge in [0.15, 0.2) is 0 Å². The zero-order valence-corrected chi connectivity index (χ0v) is 25.3. The van der Waals surface area contributed by atoms with Gasteiger partial charge in [-0.05, 0) is 83.3 Å². The van der Waals surface area contributed by atoms with E-state index in [0.717, 1.165) is 38.8 Å². The van der Waals surface area contributed by atoms with Crippen LogP contribution in [0.25, 0.3) is 0 Å². The molecule has 1 atom stereocenters. The number of piperidine rings is 1. The van der Waals surface area contributed by atoms with Gasteiger partial charge in [0.2, 0.25) is 21.9 Å². The van der Waals surface area contributed by atoms with Crippen LogP contribution in [-0.4, -0.2) is 86.6 Å². The van der Waals surface area contributed by atoms with Crippen LogP contribution >= 0.6 is 0 Å². The third kappa shape index (κ3) is 6.33. The highest BCUT2D eigenvalue weighted by molar-refractivity contribution is 7.89. The van der Waals surface area contributed by atoms with Gasteiger partial charge in [0, 0.05) is 37.4 Å². The summed E-state index contributed by atoms with van der Waals surface area (Å²) in [4.78, 5) is 14.2. The predicted octanol–water partition coefficient (Wildman–Crippen LogP) is 4.42. The number of nitrogens with zero attached hydrogens (tertiary/aromatic N) is 5. The minimum absolute atomic E-state index is 0.235. The molecular weight excluding hydrogens is 514 g/mol. The first-order valence-corrected chi connectivity index (χ1v) is 15.6. The molecule has 0 N–H and O–H groups in total. The van der Waals surface area contributed by atoms with Crippen molar-refractivity contribution in [1.29, 1.82) is 0 Å². The van der Waals surface area contributed by atoms with Gasteiger partial charge in [-0.2, -0.15) is 9.29 Å². The molecule has 2 saturated heterocycles. The molecule has 216 valence electrons. The van der Waals surface area contributed by atoms with Crippen LogP contribution in [-0.2, 0) is 10.0 Å². The summed E-state index contributed by atoms with van der Waals surface area (Å²) in [6.45, 7) is 8.43. The van der Waals surface area contributed by atoms with E-state index in [0.29, 0.717) is 40.1 Å². The maximum atomic E-state index is 13.7. The fraction of sp³-hybridized carbons (Fsp3) is 0.655. The molecule has 2 aromatic rings. The number of aromatic nitrogens is 2. The number of methoxy groups -OCH3 is 1. The molecule has 4 rings (SSSR count). The summed E-state index contributed by atoms with van der Waals surface area (Å²) < 4.78 is 40.5. The molecular formula is C29H45N5O4S. The van der Waals surface area contributed by atoms with Crippen molar-refractivity contribution in [2.24, 2.45) is 0 Å². The van der Waals surface area contributed by atoms with E-state index >= 15 is 0 Å². The first kappa shape index (κ1) is 29.6. The molecule has 0 aliphatic carbocycles. The highest BCUT2D eigenvalue weighted by Crippen LogP contribution is 2.34. The van der Waals surface area contributed by atoms with Gasteiger partial charge in [-0.1, -0.05) is 19.8 Å². The Labute approximate surface area is 234 Å². The number of anilines is 1.